The van der Waals surface area contributed by atoms with Crippen LogP contribution < -0.4 is 20.7 Å². The molecule has 13 heteroatoms. The van der Waals surface area contributed by atoms with Gasteiger partial charge in [0.05, 0.1) is 65.3 Å². The van der Waals surface area contributed by atoms with Crippen LogP contribution in [0.25, 0.3) is 21.9 Å². The number of fused-ring (bicyclic) bond motifs is 1. The van der Waals surface area contributed by atoms with Crippen LogP contribution in [0, 0.1) is 12.8 Å². The first-order valence-electron chi connectivity index (χ1n) is 20.2. The molecule has 0 saturated carbocycles. The van der Waals surface area contributed by atoms with Crippen LogP contribution in [0.3, 0.4) is 0 Å². The van der Waals surface area contributed by atoms with E-state index < -0.39 is 17.9 Å². The number of benzene rings is 3. The second kappa shape index (κ2) is 26.0. The summed E-state index contributed by atoms with van der Waals surface area (Å²) in [6.45, 7) is 11.4. The molecule has 1 atom stereocenters. The first-order chi connectivity index (χ1) is 28.2. The number of carbonyl (C=O) groups excluding carboxylic acids is 2. The number of carboxylic acids is 1. The number of anilines is 1. The summed E-state index contributed by atoms with van der Waals surface area (Å²) in [6.07, 6.45) is 2.43. The number of amides is 2. The van der Waals surface area contributed by atoms with Gasteiger partial charge in [-0.2, -0.15) is 0 Å². The van der Waals surface area contributed by atoms with E-state index in [1.54, 1.807) is 0 Å². The first-order valence-corrected chi connectivity index (χ1v) is 20.2. The van der Waals surface area contributed by atoms with Gasteiger partial charge in [-0.15, -0.1) is 0 Å². The Morgan fingerprint density at radius 1 is 0.707 bits per heavy atom. The number of carboxylic acid groups (broad SMARTS) is 1. The predicted molar refractivity (Wildman–Crippen MR) is 225 cm³/mol. The van der Waals surface area contributed by atoms with Gasteiger partial charge in [0.15, 0.2) is 0 Å². The van der Waals surface area contributed by atoms with E-state index in [-0.39, 0.29) is 25.3 Å². The molecule has 0 unspecified atom stereocenters. The molecule has 13 nitrogen and oxygen atoms in total. The lowest BCUT2D eigenvalue weighted by Gasteiger charge is -2.19. The Kier molecular flexibility index (Phi) is 20.5. The lowest BCUT2D eigenvalue weighted by Crippen LogP contribution is -2.39. The average Bonchev–Trinajstić information content (AvgIpc) is 3.21. The summed E-state index contributed by atoms with van der Waals surface area (Å²) in [5, 5.41) is 20.2. The number of unbranched alkanes of at least 4 members (excludes halogenated alkanes) is 1. The third-order valence-corrected chi connectivity index (χ3v) is 9.13. The van der Waals surface area contributed by atoms with Crippen molar-refractivity contribution in [3.63, 3.8) is 0 Å². The fourth-order valence-corrected chi connectivity index (χ4v) is 6.04. The number of aromatic nitrogens is 1. The van der Waals surface area contributed by atoms with Crippen LogP contribution in [0.15, 0.2) is 78.9 Å². The third kappa shape index (κ3) is 17.2. The van der Waals surface area contributed by atoms with Crippen LogP contribution in [0.5, 0.6) is 5.75 Å². The minimum absolute atomic E-state index is 0.243. The third-order valence-electron chi connectivity index (χ3n) is 9.13. The molecule has 0 spiro atoms. The highest BCUT2D eigenvalue weighted by molar-refractivity contribution is 6.00. The zero-order valence-electron chi connectivity index (χ0n) is 34.1. The Hall–Kier alpha value is -5.08. The van der Waals surface area contributed by atoms with Gasteiger partial charge in [0.2, 0.25) is 11.8 Å². The highest BCUT2D eigenvalue weighted by Gasteiger charge is 2.19. The SMILES string of the molecule is Cc1cccc(NCCCCC(=O)NCC(=O)N[C@@H](CC(=O)O)c2ccc(-c3ccc(OCCOCCOCCOCCOCCC(C)C)c4ccccc34)cc2)n1. The molecule has 0 fully saturated rings. The molecule has 0 radical (unpaired) electrons. The van der Waals surface area contributed by atoms with Crippen LogP contribution in [0.1, 0.15) is 63.3 Å². The van der Waals surface area contributed by atoms with E-state index in [0.29, 0.717) is 77.3 Å². The smallest absolute Gasteiger partial charge is 0.305 e. The van der Waals surface area contributed by atoms with Gasteiger partial charge in [0.25, 0.3) is 0 Å². The topological polar surface area (TPSA) is 167 Å². The van der Waals surface area contributed by atoms with Gasteiger partial charge < -0.3 is 44.7 Å². The van der Waals surface area contributed by atoms with Crippen LogP contribution in [0.2, 0.25) is 0 Å². The van der Waals surface area contributed by atoms with E-state index in [2.05, 4.69) is 34.8 Å². The van der Waals surface area contributed by atoms with E-state index in [4.69, 9.17) is 23.7 Å². The fraction of sp³-hybridized carbons (Fsp3) is 0.467. The van der Waals surface area contributed by atoms with Crippen molar-refractivity contribution in [2.24, 2.45) is 5.92 Å². The van der Waals surface area contributed by atoms with E-state index in [1.807, 2.05) is 85.8 Å². The van der Waals surface area contributed by atoms with Crippen molar-refractivity contribution in [2.45, 2.75) is 58.9 Å². The van der Waals surface area contributed by atoms with Gasteiger partial charge in [-0.05, 0) is 72.4 Å². The van der Waals surface area contributed by atoms with Crippen molar-refractivity contribution in [1.82, 2.24) is 15.6 Å². The maximum atomic E-state index is 12.8. The Morgan fingerprint density at radius 2 is 1.36 bits per heavy atom. The van der Waals surface area contributed by atoms with E-state index >= 15 is 0 Å². The Balaban J connectivity index is 1.18. The Morgan fingerprint density at radius 3 is 2.02 bits per heavy atom. The van der Waals surface area contributed by atoms with Crippen LogP contribution in [0.4, 0.5) is 5.82 Å². The van der Waals surface area contributed by atoms with Gasteiger partial charge in [0, 0.05) is 30.7 Å². The second-order valence-corrected chi connectivity index (χ2v) is 14.3. The molecule has 4 N–H and O–H groups in total. The van der Waals surface area contributed by atoms with Crippen molar-refractivity contribution in [1.29, 1.82) is 0 Å². The standard InChI is InChI=1S/C45H60N4O9/c1-33(2)20-22-54-23-24-55-25-26-56-27-28-57-29-30-58-41-19-18-37(38-10-4-5-11-39(38)41)35-14-16-36(17-15-35)40(31-45(52)53)49-44(51)32-47-43(50)13-6-7-21-46-42-12-8-9-34(3)48-42/h4-5,8-12,14-19,33,40H,6-7,13,20-32H2,1-3H3,(H,46,48)(H,47,50)(H,49,51)(H,52,53)/t40-/m0/s1. The molecule has 1 heterocycles. The van der Waals surface area contributed by atoms with Gasteiger partial charge in [0.1, 0.15) is 18.2 Å². The number of hydrogen-bond donors (Lipinski definition) is 4. The number of nitrogens with zero attached hydrogens (tertiary/aromatic N) is 1. The zero-order valence-corrected chi connectivity index (χ0v) is 34.1. The van der Waals surface area contributed by atoms with Crippen molar-refractivity contribution in [2.75, 3.05) is 77.9 Å². The van der Waals surface area contributed by atoms with Crippen molar-refractivity contribution in [3.8, 4) is 16.9 Å². The molecule has 314 valence electrons. The predicted octanol–water partition coefficient (Wildman–Crippen LogP) is 6.73. The van der Waals surface area contributed by atoms with Crippen molar-refractivity contribution in [3.05, 3.63) is 90.1 Å². The molecule has 58 heavy (non-hydrogen) atoms. The largest absolute Gasteiger partial charge is 0.491 e. The molecule has 0 bridgehead atoms. The number of aliphatic carboxylic acids is 1. The summed E-state index contributed by atoms with van der Waals surface area (Å²) in [7, 11) is 0. The van der Waals surface area contributed by atoms with Gasteiger partial charge >= 0.3 is 5.97 Å². The van der Waals surface area contributed by atoms with Crippen molar-refractivity contribution < 1.29 is 43.2 Å². The minimum atomic E-state index is -1.05. The van der Waals surface area contributed by atoms with Crippen LogP contribution >= 0.6 is 0 Å². The maximum Gasteiger partial charge on any atom is 0.305 e. The average molecular weight is 801 g/mol. The number of carbonyl (C=O) groups is 3. The molecule has 0 aliphatic heterocycles. The van der Waals surface area contributed by atoms with Crippen LogP contribution in [-0.2, 0) is 33.3 Å². The molecule has 0 aliphatic carbocycles. The molecular formula is C45H60N4O9. The summed E-state index contributed by atoms with van der Waals surface area (Å²) in [4.78, 5) is 41.3. The maximum absolute atomic E-state index is 12.8. The molecular weight excluding hydrogens is 741 g/mol. The number of hydrogen-bond acceptors (Lipinski definition) is 10. The molecule has 0 aliphatic rings. The monoisotopic (exact) mass is 800 g/mol. The lowest BCUT2D eigenvalue weighted by atomic mass is 9.95. The Bertz CT molecular complexity index is 1840. The number of rotatable bonds is 29. The summed E-state index contributed by atoms with van der Waals surface area (Å²) in [5.41, 5.74) is 3.47. The minimum Gasteiger partial charge on any atom is -0.491 e. The summed E-state index contributed by atoms with van der Waals surface area (Å²) < 4.78 is 28.4. The number of ether oxygens (including phenoxy) is 5. The number of aryl methyl sites for hydroxylation is 1. The molecule has 1 aromatic heterocycles. The quantitative estimate of drug-likeness (QED) is 0.0430. The van der Waals surface area contributed by atoms with Gasteiger partial charge in [-0.25, -0.2) is 4.98 Å². The fourth-order valence-electron chi connectivity index (χ4n) is 6.04. The van der Waals surface area contributed by atoms with E-state index in [9.17, 15) is 19.5 Å². The summed E-state index contributed by atoms with van der Waals surface area (Å²) >= 11 is 0. The summed E-state index contributed by atoms with van der Waals surface area (Å²) in [5.74, 6) is 0.414. The molecule has 4 aromatic rings. The highest BCUT2D eigenvalue weighted by Crippen LogP contribution is 2.35. The van der Waals surface area contributed by atoms with Crippen LogP contribution in [-0.4, -0.2) is 100 Å². The first kappa shape index (κ1) is 45.6. The molecule has 2 amide bonds. The lowest BCUT2D eigenvalue weighted by molar-refractivity contribution is -0.138. The summed E-state index contributed by atoms with van der Waals surface area (Å²) in [6, 6.07) is 24.4. The number of nitrogens with one attached hydrogen (secondary N) is 3. The van der Waals surface area contributed by atoms with E-state index in [1.165, 1.54) is 0 Å². The number of pyridine rings is 1. The highest BCUT2D eigenvalue weighted by atomic mass is 16.6. The Labute approximate surface area is 342 Å². The zero-order chi connectivity index (χ0) is 41.4. The normalized spacial score (nSPS) is 11.7. The molecule has 0 saturated heterocycles. The van der Waals surface area contributed by atoms with Gasteiger partial charge in [-0.3, -0.25) is 14.4 Å². The van der Waals surface area contributed by atoms with E-state index in [0.717, 1.165) is 58.6 Å². The second-order valence-electron chi connectivity index (χ2n) is 14.3. The molecule has 4 rings (SSSR count). The molecule has 3 aromatic carbocycles. The van der Waals surface area contributed by atoms with Gasteiger partial charge in [-0.1, -0.05) is 74.5 Å². The van der Waals surface area contributed by atoms with Crippen molar-refractivity contribution >= 4 is 34.4 Å².